The number of allylic oxidation sites excluding steroid dienone is 2. The van der Waals surface area contributed by atoms with Gasteiger partial charge in [0, 0.05) is 6.04 Å². The lowest BCUT2D eigenvalue weighted by Gasteiger charge is -2.17. The molecule has 0 aromatic heterocycles. The summed E-state index contributed by atoms with van der Waals surface area (Å²) in [7, 11) is 0. The second kappa shape index (κ2) is 3.58. The third-order valence-corrected chi connectivity index (χ3v) is 2.99. The molecule has 0 amide bonds. The molecule has 0 saturated carbocycles. The van der Waals surface area contributed by atoms with Gasteiger partial charge in [0.25, 0.3) is 0 Å². The minimum absolute atomic E-state index is 0.297. The minimum Gasteiger partial charge on any atom is -0.379 e. The summed E-state index contributed by atoms with van der Waals surface area (Å²) >= 11 is 0. The van der Waals surface area contributed by atoms with E-state index in [1.807, 2.05) is 0 Å². The summed E-state index contributed by atoms with van der Waals surface area (Å²) < 4.78 is 5.33. The van der Waals surface area contributed by atoms with Crippen molar-refractivity contribution in [1.82, 2.24) is 0 Å². The quantitative estimate of drug-likeness (QED) is 0.629. The van der Waals surface area contributed by atoms with Gasteiger partial charge in [-0.25, -0.2) is 0 Å². The molecular formula is C10H17NO. The lowest BCUT2D eigenvalue weighted by atomic mass is 9.90. The van der Waals surface area contributed by atoms with Crippen LogP contribution in [0.4, 0.5) is 0 Å². The maximum atomic E-state index is 5.91. The molecule has 2 rings (SSSR count). The molecule has 2 heteroatoms. The Kier molecular flexibility index (Phi) is 2.47. The van der Waals surface area contributed by atoms with Gasteiger partial charge in [-0.05, 0) is 31.1 Å². The Bertz CT molecular complexity index is 171. The lowest BCUT2D eigenvalue weighted by molar-refractivity contribution is 0.179. The first-order chi connectivity index (χ1) is 5.86. The van der Waals surface area contributed by atoms with Gasteiger partial charge in [0.2, 0.25) is 0 Å². The van der Waals surface area contributed by atoms with Crippen molar-refractivity contribution in [2.24, 2.45) is 17.6 Å². The zero-order valence-corrected chi connectivity index (χ0v) is 7.41. The van der Waals surface area contributed by atoms with Crippen LogP contribution in [0, 0.1) is 11.8 Å². The van der Waals surface area contributed by atoms with E-state index in [-0.39, 0.29) is 0 Å². The molecule has 0 aromatic carbocycles. The minimum atomic E-state index is 0.297. The van der Waals surface area contributed by atoms with Crippen LogP contribution in [-0.2, 0) is 4.74 Å². The van der Waals surface area contributed by atoms with Gasteiger partial charge in [-0.3, -0.25) is 0 Å². The van der Waals surface area contributed by atoms with Crippen LogP contribution in [0.1, 0.15) is 19.3 Å². The standard InChI is InChI=1S/C10H17NO/c11-10-7-12-6-9(10)5-8-3-1-2-4-8/h1-2,8-10H,3-7,11H2. The van der Waals surface area contributed by atoms with Crippen LogP contribution in [-0.4, -0.2) is 19.3 Å². The zero-order valence-electron chi connectivity index (χ0n) is 7.41. The van der Waals surface area contributed by atoms with Gasteiger partial charge in [0.1, 0.15) is 0 Å². The van der Waals surface area contributed by atoms with Gasteiger partial charge in [0.15, 0.2) is 0 Å². The van der Waals surface area contributed by atoms with E-state index >= 15 is 0 Å². The highest BCUT2D eigenvalue weighted by atomic mass is 16.5. The van der Waals surface area contributed by atoms with Crippen molar-refractivity contribution < 1.29 is 4.74 Å². The molecule has 0 aromatic rings. The Balaban J connectivity index is 1.78. The Morgan fingerprint density at radius 1 is 1.25 bits per heavy atom. The van der Waals surface area contributed by atoms with Crippen LogP contribution in [0.25, 0.3) is 0 Å². The highest BCUT2D eigenvalue weighted by molar-refractivity contribution is 4.95. The van der Waals surface area contributed by atoms with Gasteiger partial charge in [-0.1, -0.05) is 12.2 Å². The molecule has 2 unspecified atom stereocenters. The second-order valence-corrected chi connectivity index (χ2v) is 4.01. The van der Waals surface area contributed by atoms with Crippen molar-refractivity contribution in [3.05, 3.63) is 12.2 Å². The molecule has 0 bridgehead atoms. The highest BCUT2D eigenvalue weighted by Crippen LogP contribution is 2.28. The topological polar surface area (TPSA) is 35.2 Å². The largest absolute Gasteiger partial charge is 0.379 e. The van der Waals surface area contributed by atoms with E-state index < -0.39 is 0 Å². The SMILES string of the molecule is NC1COCC1CC1CC=CC1. The average molecular weight is 167 g/mol. The highest BCUT2D eigenvalue weighted by Gasteiger charge is 2.27. The van der Waals surface area contributed by atoms with Crippen LogP contribution >= 0.6 is 0 Å². The number of rotatable bonds is 2. The van der Waals surface area contributed by atoms with Crippen molar-refractivity contribution in [2.75, 3.05) is 13.2 Å². The zero-order chi connectivity index (χ0) is 8.39. The summed E-state index contributed by atoms with van der Waals surface area (Å²) in [5.41, 5.74) is 5.91. The molecule has 2 aliphatic rings. The van der Waals surface area contributed by atoms with Gasteiger partial charge in [-0.15, -0.1) is 0 Å². The summed E-state index contributed by atoms with van der Waals surface area (Å²) in [4.78, 5) is 0. The van der Waals surface area contributed by atoms with Crippen LogP contribution in [0.2, 0.25) is 0 Å². The number of hydrogen-bond acceptors (Lipinski definition) is 2. The molecule has 1 aliphatic heterocycles. The summed E-state index contributed by atoms with van der Waals surface area (Å²) in [6.45, 7) is 1.66. The Morgan fingerprint density at radius 3 is 2.58 bits per heavy atom. The summed E-state index contributed by atoms with van der Waals surface area (Å²) in [6, 6.07) is 0.297. The molecule has 2 N–H and O–H groups in total. The van der Waals surface area contributed by atoms with Crippen molar-refractivity contribution in [1.29, 1.82) is 0 Å². The Morgan fingerprint density at radius 2 is 2.00 bits per heavy atom. The fourth-order valence-electron chi connectivity index (χ4n) is 2.15. The monoisotopic (exact) mass is 167 g/mol. The number of ether oxygens (including phenoxy) is 1. The molecule has 1 heterocycles. The number of nitrogens with two attached hydrogens (primary N) is 1. The van der Waals surface area contributed by atoms with Gasteiger partial charge < -0.3 is 10.5 Å². The molecule has 0 radical (unpaired) electrons. The first-order valence-corrected chi connectivity index (χ1v) is 4.84. The van der Waals surface area contributed by atoms with Crippen molar-refractivity contribution in [3.8, 4) is 0 Å². The molecule has 1 aliphatic carbocycles. The van der Waals surface area contributed by atoms with Crippen molar-refractivity contribution >= 4 is 0 Å². The van der Waals surface area contributed by atoms with E-state index in [9.17, 15) is 0 Å². The van der Waals surface area contributed by atoms with E-state index in [0.29, 0.717) is 12.0 Å². The maximum absolute atomic E-state index is 5.91. The summed E-state index contributed by atoms with van der Waals surface area (Å²) in [5.74, 6) is 1.47. The van der Waals surface area contributed by atoms with Crippen LogP contribution in [0.5, 0.6) is 0 Å². The molecule has 1 saturated heterocycles. The molecule has 12 heavy (non-hydrogen) atoms. The van der Waals surface area contributed by atoms with Crippen LogP contribution < -0.4 is 5.73 Å². The Labute approximate surface area is 73.8 Å². The average Bonchev–Trinajstić information content (AvgIpc) is 2.65. The van der Waals surface area contributed by atoms with E-state index in [4.69, 9.17) is 10.5 Å². The van der Waals surface area contributed by atoms with E-state index in [1.165, 1.54) is 19.3 Å². The second-order valence-electron chi connectivity index (χ2n) is 4.01. The number of hydrogen-bond donors (Lipinski definition) is 1. The first kappa shape index (κ1) is 8.27. The molecule has 2 atom stereocenters. The fourth-order valence-corrected chi connectivity index (χ4v) is 2.15. The van der Waals surface area contributed by atoms with Gasteiger partial charge in [-0.2, -0.15) is 0 Å². The summed E-state index contributed by atoms with van der Waals surface area (Å²) in [5, 5.41) is 0. The van der Waals surface area contributed by atoms with Crippen LogP contribution in [0.3, 0.4) is 0 Å². The molecule has 68 valence electrons. The van der Waals surface area contributed by atoms with E-state index in [0.717, 1.165) is 19.1 Å². The van der Waals surface area contributed by atoms with Crippen molar-refractivity contribution in [2.45, 2.75) is 25.3 Å². The molecule has 1 fully saturated rings. The molecule has 0 spiro atoms. The van der Waals surface area contributed by atoms with E-state index in [1.54, 1.807) is 0 Å². The van der Waals surface area contributed by atoms with Gasteiger partial charge in [0.05, 0.1) is 13.2 Å². The normalized spacial score (nSPS) is 36.4. The predicted molar refractivity (Wildman–Crippen MR) is 48.8 cm³/mol. The lowest BCUT2D eigenvalue weighted by Crippen LogP contribution is -2.29. The first-order valence-electron chi connectivity index (χ1n) is 4.84. The maximum Gasteiger partial charge on any atom is 0.0621 e. The Hall–Kier alpha value is -0.340. The van der Waals surface area contributed by atoms with E-state index in [2.05, 4.69) is 12.2 Å². The smallest absolute Gasteiger partial charge is 0.0621 e. The van der Waals surface area contributed by atoms with Gasteiger partial charge >= 0.3 is 0 Å². The van der Waals surface area contributed by atoms with Crippen LogP contribution in [0.15, 0.2) is 12.2 Å². The molecular weight excluding hydrogens is 150 g/mol. The predicted octanol–water partition coefficient (Wildman–Crippen LogP) is 1.32. The molecule has 2 nitrogen and oxygen atoms in total. The third kappa shape index (κ3) is 1.70. The summed E-state index contributed by atoms with van der Waals surface area (Å²) in [6.07, 6.45) is 8.33. The third-order valence-electron chi connectivity index (χ3n) is 2.99. The van der Waals surface area contributed by atoms with Crippen molar-refractivity contribution in [3.63, 3.8) is 0 Å². The fraction of sp³-hybridized carbons (Fsp3) is 0.800.